The molecule has 1 N–H and O–H groups in total. The smallest absolute Gasteiger partial charge is 0.244 e. The minimum absolute atomic E-state index is 0.133. The molecule has 0 fully saturated rings. The number of benzene rings is 2. The highest BCUT2D eigenvalue weighted by Crippen LogP contribution is 2.32. The Bertz CT molecular complexity index is 1010. The number of nitrogens with one attached hydrogen (secondary N) is 1. The van der Waals surface area contributed by atoms with Crippen molar-refractivity contribution in [1.82, 2.24) is 10.3 Å². The summed E-state index contributed by atoms with van der Waals surface area (Å²) in [7, 11) is 0. The third kappa shape index (κ3) is 4.40. The molecule has 1 amide bonds. The van der Waals surface area contributed by atoms with Crippen LogP contribution in [0.2, 0.25) is 0 Å². The molecule has 142 valence electrons. The Morgan fingerprint density at radius 2 is 2.00 bits per heavy atom. The minimum Gasteiger partial charge on any atom is -0.454 e. The zero-order valence-corrected chi connectivity index (χ0v) is 16.3. The van der Waals surface area contributed by atoms with Crippen LogP contribution in [0.25, 0.3) is 16.6 Å². The minimum atomic E-state index is -0.133. The van der Waals surface area contributed by atoms with E-state index < -0.39 is 0 Å². The summed E-state index contributed by atoms with van der Waals surface area (Å²) in [6.45, 7) is 2.85. The topological polar surface area (TPSA) is 60.5 Å². The molecule has 1 aliphatic rings. The Morgan fingerprint density at radius 1 is 1.18 bits per heavy atom. The van der Waals surface area contributed by atoms with Gasteiger partial charge in [0.2, 0.25) is 12.7 Å². The Hall–Kier alpha value is -3.12. The van der Waals surface area contributed by atoms with Gasteiger partial charge in [-0.05, 0) is 30.7 Å². The molecule has 0 atom stereocenters. The summed E-state index contributed by atoms with van der Waals surface area (Å²) in [6, 6.07) is 13.9. The largest absolute Gasteiger partial charge is 0.454 e. The van der Waals surface area contributed by atoms with Crippen LogP contribution < -0.4 is 14.8 Å². The lowest BCUT2D eigenvalue weighted by atomic mass is 10.2. The van der Waals surface area contributed by atoms with Gasteiger partial charge in [-0.3, -0.25) is 4.79 Å². The van der Waals surface area contributed by atoms with E-state index in [2.05, 4.69) is 41.5 Å². The van der Waals surface area contributed by atoms with E-state index in [1.54, 1.807) is 17.4 Å². The lowest BCUT2D eigenvalue weighted by molar-refractivity contribution is -0.116. The normalized spacial score (nSPS) is 12.5. The van der Waals surface area contributed by atoms with E-state index in [1.165, 1.54) is 11.6 Å². The van der Waals surface area contributed by atoms with Crippen LogP contribution in [0, 0.1) is 6.92 Å². The van der Waals surface area contributed by atoms with E-state index in [0.717, 1.165) is 27.6 Å². The van der Waals surface area contributed by atoms with Gasteiger partial charge in [-0.2, -0.15) is 0 Å². The van der Waals surface area contributed by atoms with Gasteiger partial charge in [0, 0.05) is 30.0 Å². The fraction of sp³-hybridized carbons (Fsp3) is 0.182. The van der Waals surface area contributed by atoms with Crippen molar-refractivity contribution in [1.29, 1.82) is 0 Å². The number of aryl methyl sites for hydroxylation is 1. The van der Waals surface area contributed by atoms with Gasteiger partial charge in [0.1, 0.15) is 5.01 Å². The number of fused-ring (bicyclic) bond motifs is 1. The van der Waals surface area contributed by atoms with Crippen LogP contribution in [0.1, 0.15) is 16.8 Å². The van der Waals surface area contributed by atoms with Crippen LogP contribution in [-0.2, 0) is 11.2 Å². The number of carbonyl (C=O) groups excluding carboxylic acids is 1. The number of nitrogens with zero attached hydrogens (tertiary/aromatic N) is 1. The Kier molecular flexibility index (Phi) is 5.39. The molecule has 2 heterocycles. The second-order valence-electron chi connectivity index (χ2n) is 6.50. The van der Waals surface area contributed by atoms with Gasteiger partial charge in [-0.1, -0.05) is 35.9 Å². The van der Waals surface area contributed by atoms with Gasteiger partial charge < -0.3 is 14.8 Å². The van der Waals surface area contributed by atoms with E-state index in [-0.39, 0.29) is 12.7 Å². The lowest BCUT2D eigenvalue weighted by Crippen LogP contribution is -2.23. The molecule has 1 aliphatic heterocycles. The van der Waals surface area contributed by atoms with E-state index >= 15 is 0 Å². The van der Waals surface area contributed by atoms with Crippen LogP contribution in [-0.4, -0.2) is 24.2 Å². The summed E-state index contributed by atoms with van der Waals surface area (Å²) in [5.74, 6) is 1.30. The van der Waals surface area contributed by atoms with Crippen molar-refractivity contribution in [2.45, 2.75) is 13.3 Å². The zero-order valence-electron chi connectivity index (χ0n) is 15.5. The Labute approximate surface area is 167 Å². The molecule has 4 rings (SSSR count). The number of rotatable bonds is 6. The first-order valence-corrected chi connectivity index (χ1v) is 9.92. The van der Waals surface area contributed by atoms with Crippen molar-refractivity contribution in [2.24, 2.45) is 0 Å². The Morgan fingerprint density at radius 3 is 2.86 bits per heavy atom. The highest BCUT2D eigenvalue weighted by Gasteiger charge is 2.12. The van der Waals surface area contributed by atoms with Gasteiger partial charge in [-0.15, -0.1) is 11.3 Å². The number of hydrogen-bond acceptors (Lipinski definition) is 5. The Balaban J connectivity index is 1.27. The van der Waals surface area contributed by atoms with E-state index in [1.807, 2.05) is 23.6 Å². The van der Waals surface area contributed by atoms with Crippen molar-refractivity contribution >= 4 is 23.3 Å². The van der Waals surface area contributed by atoms with E-state index in [0.29, 0.717) is 18.7 Å². The second-order valence-corrected chi connectivity index (χ2v) is 7.36. The standard InChI is InChI=1S/C22H20N2O3S/c1-15-2-6-17(7-3-15)22-24-18(13-28-22)10-11-23-21(25)9-5-16-4-8-19-20(12-16)27-14-26-19/h2-9,12-13H,10-11,14H2,1H3,(H,23,25)/b9-5+. The van der Waals surface area contributed by atoms with Crippen LogP contribution in [0.5, 0.6) is 11.5 Å². The van der Waals surface area contributed by atoms with Crippen LogP contribution in [0.15, 0.2) is 53.9 Å². The molecule has 0 spiro atoms. The molecule has 0 unspecified atom stereocenters. The first-order valence-electron chi connectivity index (χ1n) is 9.04. The summed E-state index contributed by atoms with van der Waals surface area (Å²) in [5.41, 5.74) is 4.23. The molecule has 2 aromatic carbocycles. The third-order valence-corrected chi connectivity index (χ3v) is 5.29. The SMILES string of the molecule is Cc1ccc(-c2nc(CCNC(=O)/C=C/c3ccc4c(c3)OCO4)cs2)cc1. The number of hydrogen-bond donors (Lipinski definition) is 1. The molecular formula is C22H20N2O3S. The van der Waals surface area contributed by atoms with Gasteiger partial charge in [-0.25, -0.2) is 4.98 Å². The molecule has 1 aromatic heterocycles. The predicted octanol–water partition coefficient (Wildman–Crippen LogP) is 4.22. The predicted molar refractivity (Wildman–Crippen MR) is 111 cm³/mol. The summed E-state index contributed by atoms with van der Waals surface area (Å²) >= 11 is 1.62. The quantitative estimate of drug-likeness (QED) is 0.638. The van der Waals surface area contributed by atoms with Crippen molar-refractivity contribution < 1.29 is 14.3 Å². The third-order valence-electron chi connectivity index (χ3n) is 4.35. The maximum absolute atomic E-state index is 12.0. The van der Waals surface area contributed by atoms with Gasteiger partial charge >= 0.3 is 0 Å². The molecule has 0 saturated carbocycles. The van der Waals surface area contributed by atoms with Crippen LogP contribution in [0.4, 0.5) is 0 Å². The molecule has 0 bridgehead atoms. The first kappa shape index (κ1) is 18.3. The average Bonchev–Trinajstić information content (AvgIpc) is 3.36. The average molecular weight is 392 g/mol. The molecule has 0 saturated heterocycles. The molecule has 6 heteroatoms. The highest BCUT2D eigenvalue weighted by atomic mass is 32.1. The first-order chi connectivity index (χ1) is 13.7. The monoisotopic (exact) mass is 392 g/mol. The van der Waals surface area contributed by atoms with Crippen LogP contribution >= 0.6 is 11.3 Å². The molecule has 3 aromatic rings. The fourth-order valence-electron chi connectivity index (χ4n) is 2.81. The molecule has 5 nitrogen and oxygen atoms in total. The number of aromatic nitrogens is 1. The number of thiazole rings is 1. The fourth-order valence-corrected chi connectivity index (χ4v) is 3.67. The second kappa shape index (κ2) is 8.27. The lowest BCUT2D eigenvalue weighted by Gasteiger charge is -2.01. The summed E-state index contributed by atoms with van der Waals surface area (Å²) < 4.78 is 10.6. The van der Waals surface area contributed by atoms with Crippen molar-refractivity contribution in [2.75, 3.05) is 13.3 Å². The number of amides is 1. The van der Waals surface area contributed by atoms with Crippen molar-refractivity contribution in [3.05, 3.63) is 70.7 Å². The van der Waals surface area contributed by atoms with Gasteiger partial charge in [0.15, 0.2) is 11.5 Å². The molecular weight excluding hydrogens is 372 g/mol. The van der Waals surface area contributed by atoms with E-state index in [4.69, 9.17) is 9.47 Å². The highest BCUT2D eigenvalue weighted by molar-refractivity contribution is 7.13. The zero-order chi connectivity index (χ0) is 19.3. The van der Waals surface area contributed by atoms with Crippen molar-refractivity contribution in [3.8, 4) is 22.1 Å². The maximum Gasteiger partial charge on any atom is 0.244 e. The molecule has 0 aliphatic carbocycles. The van der Waals surface area contributed by atoms with Gasteiger partial charge in [0.05, 0.1) is 5.69 Å². The number of carbonyl (C=O) groups is 1. The molecule has 28 heavy (non-hydrogen) atoms. The van der Waals surface area contributed by atoms with E-state index in [9.17, 15) is 4.79 Å². The van der Waals surface area contributed by atoms with Gasteiger partial charge in [0.25, 0.3) is 0 Å². The van der Waals surface area contributed by atoms with Crippen LogP contribution in [0.3, 0.4) is 0 Å². The summed E-state index contributed by atoms with van der Waals surface area (Å²) in [5, 5.41) is 5.94. The maximum atomic E-state index is 12.0. The summed E-state index contributed by atoms with van der Waals surface area (Å²) in [6.07, 6.45) is 3.98. The number of ether oxygens (including phenoxy) is 2. The van der Waals surface area contributed by atoms with Crippen molar-refractivity contribution in [3.63, 3.8) is 0 Å². The summed E-state index contributed by atoms with van der Waals surface area (Å²) in [4.78, 5) is 16.7. The molecule has 0 radical (unpaired) electrons.